The minimum atomic E-state index is -0.928. The van der Waals surface area contributed by atoms with Crippen molar-refractivity contribution < 1.29 is 28.2 Å². The summed E-state index contributed by atoms with van der Waals surface area (Å²) in [6.07, 6.45) is 3.90. The van der Waals surface area contributed by atoms with Crippen molar-refractivity contribution in [1.29, 1.82) is 0 Å². The summed E-state index contributed by atoms with van der Waals surface area (Å²) in [5, 5.41) is 7.27. The number of hydrazone groups is 1. The van der Waals surface area contributed by atoms with Crippen LogP contribution >= 0.6 is 22.9 Å². The van der Waals surface area contributed by atoms with E-state index in [1.165, 1.54) is 36.5 Å². The van der Waals surface area contributed by atoms with Gasteiger partial charge in [0.05, 0.1) is 23.4 Å². The number of anilines is 1. The summed E-state index contributed by atoms with van der Waals surface area (Å²) in [5.74, 6) is -1.57. The largest absolute Gasteiger partial charge is 0.481 e. The monoisotopic (exact) mass is 571 g/mol. The molecule has 1 atom stereocenters. The van der Waals surface area contributed by atoms with Crippen LogP contribution in [0.3, 0.4) is 0 Å². The molecule has 2 aromatic carbocycles. The first-order valence-corrected chi connectivity index (χ1v) is 13.6. The number of aryl methyl sites for hydroxylation is 1. The molecule has 0 fully saturated rings. The fraction of sp³-hybridized carbons (Fsp3) is 0.286. The Hall–Kier alpha value is -3.76. The Balaban J connectivity index is 1.37. The number of halogens is 2. The van der Waals surface area contributed by atoms with Crippen molar-refractivity contribution >= 4 is 51.9 Å². The highest BCUT2D eigenvalue weighted by atomic mass is 35.5. The topological polar surface area (TPSA) is 106 Å². The number of fused-ring (bicyclic) bond motifs is 1. The van der Waals surface area contributed by atoms with Crippen molar-refractivity contribution in [2.45, 2.75) is 45.6 Å². The molecule has 4 rings (SSSR count). The van der Waals surface area contributed by atoms with Gasteiger partial charge in [-0.3, -0.25) is 9.59 Å². The van der Waals surface area contributed by atoms with Crippen molar-refractivity contribution in [3.05, 3.63) is 80.4 Å². The Labute approximate surface area is 234 Å². The van der Waals surface area contributed by atoms with Crippen molar-refractivity contribution in [2.24, 2.45) is 5.10 Å². The molecule has 1 aromatic heterocycles. The maximum Gasteiger partial charge on any atom is 0.341 e. The van der Waals surface area contributed by atoms with Crippen molar-refractivity contribution in [1.82, 2.24) is 5.43 Å². The van der Waals surface area contributed by atoms with Gasteiger partial charge in [-0.25, -0.2) is 14.6 Å². The van der Waals surface area contributed by atoms with Crippen molar-refractivity contribution in [3.63, 3.8) is 0 Å². The second-order valence-electron chi connectivity index (χ2n) is 8.74. The van der Waals surface area contributed by atoms with Gasteiger partial charge in [0.1, 0.15) is 16.6 Å². The summed E-state index contributed by atoms with van der Waals surface area (Å²) in [7, 11) is 0. The third kappa shape index (κ3) is 6.82. The maximum absolute atomic E-state index is 13.8. The van der Waals surface area contributed by atoms with Crippen LogP contribution in [0.1, 0.15) is 63.4 Å². The number of carbonyl (C=O) groups excluding carboxylic acids is 3. The van der Waals surface area contributed by atoms with E-state index in [2.05, 4.69) is 15.8 Å². The first-order chi connectivity index (χ1) is 18.8. The van der Waals surface area contributed by atoms with Crippen LogP contribution in [-0.2, 0) is 22.4 Å². The van der Waals surface area contributed by atoms with E-state index in [9.17, 15) is 18.8 Å². The van der Waals surface area contributed by atoms with Gasteiger partial charge >= 0.3 is 5.97 Å². The highest BCUT2D eigenvalue weighted by molar-refractivity contribution is 7.17. The molecule has 1 aliphatic carbocycles. The van der Waals surface area contributed by atoms with E-state index in [0.717, 1.165) is 42.3 Å². The Kier molecular flexibility index (Phi) is 9.32. The molecule has 204 valence electrons. The molecular formula is C28H27ClFN3O5S. The van der Waals surface area contributed by atoms with Gasteiger partial charge in [0.15, 0.2) is 6.10 Å². The Morgan fingerprint density at radius 3 is 2.62 bits per heavy atom. The van der Waals surface area contributed by atoms with Gasteiger partial charge in [-0.2, -0.15) is 5.10 Å². The van der Waals surface area contributed by atoms with Crippen LogP contribution < -0.4 is 15.5 Å². The highest BCUT2D eigenvalue weighted by Crippen LogP contribution is 2.38. The van der Waals surface area contributed by atoms with Crippen LogP contribution in [-0.4, -0.2) is 36.7 Å². The number of thiophene rings is 1. The van der Waals surface area contributed by atoms with Crippen molar-refractivity contribution in [3.8, 4) is 5.75 Å². The third-order valence-electron chi connectivity index (χ3n) is 6.04. The molecular weight excluding hydrogens is 545 g/mol. The molecule has 39 heavy (non-hydrogen) atoms. The predicted molar refractivity (Wildman–Crippen MR) is 149 cm³/mol. The molecule has 0 bridgehead atoms. The zero-order valence-electron chi connectivity index (χ0n) is 21.4. The maximum atomic E-state index is 13.8. The summed E-state index contributed by atoms with van der Waals surface area (Å²) >= 11 is 7.35. The number of benzene rings is 2. The fourth-order valence-corrected chi connectivity index (χ4v) is 5.56. The number of ether oxygens (including phenoxy) is 2. The first-order valence-electron chi connectivity index (χ1n) is 12.4. The van der Waals surface area contributed by atoms with Crippen LogP contribution in [0.5, 0.6) is 5.75 Å². The molecule has 1 heterocycles. The van der Waals surface area contributed by atoms with Crippen LogP contribution in [0.4, 0.5) is 9.39 Å². The standard InChI is InChI=1S/C28H27ClFN3O5S/c1-3-37-28(36)24-19-7-4-5-10-23(19)39-27(24)32-26(35)17-11-13-18(14-12-17)38-16(2)25(34)33-31-15-20-21(29)8-6-9-22(20)30/h6,8-9,11-16H,3-5,7,10H2,1-2H3,(H,32,35)(H,33,34)/b31-15-/t16-/m1/s1. The lowest BCUT2D eigenvalue weighted by molar-refractivity contribution is -0.127. The van der Waals surface area contributed by atoms with E-state index in [0.29, 0.717) is 21.9 Å². The molecule has 0 unspecified atom stereocenters. The smallest absolute Gasteiger partial charge is 0.341 e. The van der Waals surface area contributed by atoms with Gasteiger partial charge in [-0.15, -0.1) is 11.3 Å². The Morgan fingerprint density at radius 1 is 1.15 bits per heavy atom. The second kappa shape index (κ2) is 12.9. The predicted octanol–water partition coefficient (Wildman–Crippen LogP) is 5.77. The SMILES string of the molecule is CCOC(=O)c1c(NC(=O)c2ccc(O[C@H](C)C(=O)N/N=C\c3c(F)cccc3Cl)cc2)sc2c1CCCC2. The average molecular weight is 572 g/mol. The molecule has 0 aliphatic heterocycles. The molecule has 0 spiro atoms. The van der Waals surface area contributed by atoms with Crippen LogP contribution in [0.25, 0.3) is 0 Å². The summed E-state index contributed by atoms with van der Waals surface area (Å²) in [6.45, 7) is 3.52. The van der Waals surface area contributed by atoms with E-state index < -0.39 is 23.8 Å². The van der Waals surface area contributed by atoms with Gasteiger partial charge in [-0.1, -0.05) is 17.7 Å². The average Bonchev–Trinajstić information content (AvgIpc) is 3.28. The van der Waals surface area contributed by atoms with Gasteiger partial charge in [0.2, 0.25) is 0 Å². The zero-order valence-corrected chi connectivity index (χ0v) is 23.0. The fourth-order valence-electron chi connectivity index (χ4n) is 4.08. The molecule has 2 N–H and O–H groups in total. The molecule has 11 heteroatoms. The van der Waals surface area contributed by atoms with Gasteiger partial charge in [0, 0.05) is 16.0 Å². The third-order valence-corrected chi connectivity index (χ3v) is 7.58. The molecule has 1 aliphatic rings. The van der Waals surface area contributed by atoms with Crippen LogP contribution in [0.15, 0.2) is 47.6 Å². The molecule has 2 amide bonds. The lowest BCUT2D eigenvalue weighted by Gasteiger charge is -2.13. The van der Waals surface area contributed by atoms with E-state index in [1.54, 1.807) is 31.2 Å². The molecule has 0 saturated carbocycles. The first kappa shape index (κ1) is 28.3. The lowest BCUT2D eigenvalue weighted by atomic mass is 9.95. The zero-order chi connectivity index (χ0) is 27.9. The van der Waals surface area contributed by atoms with Gasteiger partial charge in [-0.05, 0) is 81.5 Å². The Bertz CT molecular complexity index is 1390. The van der Waals surface area contributed by atoms with E-state index in [4.69, 9.17) is 21.1 Å². The number of esters is 1. The molecule has 8 nitrogen and oxygen atoms in total. The Morgan fingerprint density at radius 2 is 1.90 bits per heavy atom. The highest BCUT2D eigenvalue weighted by Gasteiger charge is 2.27. The quantitative estimate of drug-likeness (QED) is 0.193. The lowest BCUT2D eigenvalue weighted by Crippen LogP contribution is -2.33. The van der Waals surface area contributed by atoms with Crippen LogP contribution in [0.2, 0.25) is 5.02 Å². The summed E-state index contributed by atoms with van der Waals surface area (Å²) < 4.78 is 24.7. The molecule has 3 aromatic rings. The van der Waals surface area contributed by atoms with E-state index in [-0.39, 0.29) is 23.1 Å². The second-order valence-corrected chi connectivity index (χ2v) is 10.3. The van der Waals surface area contributed by atoms with E-state index in [1.807, 2.05) is 0 Å². The minimum absolute atomic E-state index is 0.0546. The minimum Gasteiger partial charge on any atom is -0.481 e. The number of rotatable bonds is 9. The summed E-state index contributed by atoms with van der Waals surface area (Å²) in [4.78, 5) is 39.0. The van der Waals surface area contributed by atoms with Gasteiger partial charge < -0.3 is 14.8 Å². The summed E-state index contributed by atoms with van der Waals surface area (Å²) in [6, 6.07) is 10.5. The molecule has 0 radical (unpaired) electrons. The molecule has 0 saturated heterocycles. The number of carbonyl (C=O) groups is 3. The van der Waals surface area contributed by atoms with Crippen LogP contribution in [0, 0.1) is 5.82 Å². The number of hydrogen-bond acceptors (Lipinski definition) is 7. The van der Waals surface area contributed by atoms with Gasteiger partial charge in [0.25, 0.3) is 11.8 Å². The number of hydrogen-bond donors (Lipinski definition) is 2. The normalized spacial score (nSPS) is 13.4. The summed E-state index contributed by atoms with van der Waals surface area (Å²) in [5.41, 5.74) is 4.11. The number of amides is 2. The van der Waals surface area contributed by atoms with Crippen molar-refractivity contribution in [2.75, 3.05) is 11.9 Å². The number of nitrogens with one attached hydrogen (secondary N) is 2. The van der Waals surface area contributed by atoms with E-state index >= 15 is 0 Å². The number of nitrogens with zero attached hydrogens (tertiary/aromatic N) is 1.